The Morgan fingerprint density at radius 2 is 1.45 bits per heavy atom. The minimum atomic E-state index is 0.530. The first-order valence-corrected chi connectivity index (χ1v) is 7.72. The van der Waals surface area contributed by atoms with Gasteiger partial charge in [-0.3, -0.25) is 0 Å². The molecule has 2 aromatic carbocycles. The topological polar surface area (TPSA) is 44.5 Å². The third-order valence-electron chi connectivity index (χ3n) is 3.76. The summed E-state index contributed by atoms with van der Waals surface area (Å²) in [6, 6.07) is 12.3. The molecule has 3 nitrogen and oxygen atoms in total. The highest BCUT2D eigenvalue weighted by atomic mass is 16.5. The van der Waals surface area contributed by atoms with Crippen LogP contribution in [0.2, 0.25) is 0 Å². The monoisotopic (exact) mass is 299 g/mol. The molecule has 0 radical (unpaired) electrons. The maximum atomic E-state index is 5.82. The van der Waals surface area contributed by atoms with E-state index in [0.29, 0.717) is 19.8 Å². The van der Waals surface area contributed by atoms with E-state index in [9.17, 15) is 0 Å². The predicted octanol–water partition coefficient (Wildman–Crippen LogP) is 3.57. The van der Waals surface area contributed by atoms with Gasteiger partial charge in [0.1, 0.15) is 24.7 Å². The molecule has 0 fully saturated rings. The molecule has 0 bridgehead atoms. The van der Waals surface area contributed by atoms with Gasteiger partial charge in [0.15, 0.2) is 0 Å². The zero-order chi connectivity index (χ0) is 15.9. The Hall–Kier alpha value is -2.00. The van der Waals surface area contributed by atoms with E-state index in [4.69, 9.17) is 15.2 Å². The van der Waals surface area contributed by atoms with E-state index in [-0.39, 0.29) is 0 Å². The van der Waals surface area contributed by atoms with Crippen LogP contribution in [0.5, 0.6) is 11.5 Å². The first-order chi connectivity index (χ1) is 10.6. The van der Waals surface area contributed by atoms with Gasteiger partial charge in [-0.25, -0.2) is 0 Å². The Morgan fingerprint density at radius 3 is 2.14 bits per heavy atom. The molecule has 0 aromatic heterocycles. The molecule has 0 atom stereocenters. The van der Waals surface area contributed by atoms with Crippen molar-refractivity contribution in [1.29, 1.82) is 0 Å². The van der Waals surface area contributed by atoms with Gasteiger partial charge in [0, 0.05) is 0 Å². The molecule has 22 heavy (non-hydrogen) atoms. The van der Waals surface area contributed by atoms with Crippen molar-refractivity contribution in [3.63, 3.8) is 0 Å². The molecule has 0 amide bonds. The molecule has 118 valence electrons. The molecule has 0 heterocycles. The number of rotatable bonds is 7. The number of ether oxygens (including phenoxy) is 2. The van der Waals surface area contributed by atoms with Crippen molar-refractivity contribution in [2.45, 2.75) is 27.2 Å². The van der Waals surface area contributed by atoms with Crippen molar-refractivity contribution in [2.24, 2.45) is 5.73 Å². The molecule has 2 aromatic rings. The van der Waals surface area contributed by atoms with Crippen LogP contribution in [0.25, 0.3) is 0 Å². The first-order valence-electron chi connectivity index (χ1n) is 7.72. The fourth-order valence-corrected chi connectivity index (χ4v) is 2.32. The lowest BCUT2D eigenvalue weighted by Gasteiger charge is -2.12. The Morgan fingerprint density at radius 1 is 0.818 bits per heavy atom. The van der Waals surface area contributed by atoms with Crippen LogP contribution >= 0.6 is 0 Å². The Balaban J connectivity index is 1.80. The van der Waals surface area contributed by atoms with E-state index in [1.807, 2.05) is 12.1 Å². The third-order valence-corrected chi connectivity index (χ3v) is 3.76. The maximum Gasteiger partial charge on any atom is 0.122 e. The number of hydrogen-bond donors (Lipinski definition) is 1. The molecule has 0 spiro atoms. The molecule has 3 heteroatoms. The van der Waals surface area contributed by atoms with Crippen molar-refractivity contribution in [3.05, 3.63) is 58.7 Å². The molecule has 0 saturated heterocycles. The van der Waals surface area contributed by atoms with Crippen LogP contribution < -0.4 is 15.2 Å². The summed E-state index contributed by atoms with van der Waals surface area (Å²) in [7, 11) is 0. The van der Waals surface area contributed by atoms with Gasteiger partial charge in [-0.2, -0.15) is 0 Å². The normalized spacial score (nSPS) is 10.5. The molecule has 2 rings (SSSR count). The van der Waals surface area contributed by atoms with Crippen LogP contribution in [0.3, 0.4) is 0 Å². The zero-order valence-electron chi connectivity index (χ0n) is 13.7. The lowest BCUT2D eigenvalue weighted by atomic mass is 10.1. The second-order valence-electron chi connectivity index (χ2n) is 5.58. The van der Waals surface area contributed by atoms with E-state index in [1.54, 1.807) is 0 Å². The summed E-state index contributed by atoms with van der Waals surface area (Å²) < 4.78 is 11.5. The minimum absolute atomic E-state index is 0.530. The summed E-state index contributed by atoms with van der Waals surface area (Å²) in [5, 5.41) is 0. The Bertz CT molecular complexity index is 606. The van der Waals surface area contributed by atoms with Crippen molar-refractivity contribution in [2.75, 3.05) is 19.8 Å². The summed E-state index contributed by atoms with van der Waals surface area (Å²) in [5.74, 6) is 1.80. The molecule has 0 unspecified atom stereocenters. The van der Waals surface area contributed by atoms with E-state index in [2.05, 4.69) is 45.0 Å². The van der Waals surface area contributed by atoms with E-state index in [0.717, 1.165) is 23.5 Å². The number of hydrogen-bond acceptors (Lipinski definition) is 3. The van der Waals surface area contributed by atoms with Gasteiger partial charge in [-0.05, 0) is 74.2 Å². The minimum Gasteiger partial charge on any atom is -0.490 e. The quantitative estimate of drug-likeness (QED) is 0.795. The van der Waals surface area contributed by atoms with Gasteiger partial charge in [-0.1, -0.05) is 18.2 Å². The highest BCUT2D eigenvalue weighted by Crippen LogP contribution is 2.22. The number of benzene rings is 2. The number of nitrogens with two attached hydrogens (primary N) is 1. The summed E-state index contributed by atoms with van der Waals surface area (Å²) >= 11 is 0. The van der Waals surface area contributed by atoms with Crippen molar-refractivity contribution in [1.82, 2.24) is 0 Å². The molecule has 0 aliphatic rings. The average Bonchev–Trinajstić information content (AvgIpc) is 2.50. The van der Waals surface area contributed by atoms with E-state index >= 15 is 0 Å². The molecule has 0 aliphatic heterocycles. The van der Waals surface area contributed by atoms with Crippen molar-refractivity contribution >= 4 is 0 Å². The van der Waals surface area contributed by atoms with Gasteiger partial charge in [-0.15, -0.1) is 0 Å². The highest BCUT2D eigenvalue weighted by molar-refractivity contribution is 5.40. The molecule has 2 N–H and O–H groups in total. The standard InChI is InChI=1S/C19H25NO2/c1-14-12-16(3)19(13-15(14)2)22-11-10-21-18-6-4-17(5-7-18)8-9-20/h4-7,12-13H,8-11,20H2,1-3H3. The van der Waals surface area contributed by atoms with Crippen LogP contribution in [-0.4, -0.2) is 19.8 Å². The van der Waals surface area contributed by atoms with Crippen LogP contribution in [0.1, 0.15) is 22.3 Å². The third kappa shape index (κ3) is 4.50. The van der Waals surface area contributed by atoms with Gasteiger partial charge in [0.05, 0.1) is 0 Å². The summed E-state index contributed by atoms with van der Waals surface area (Å²) in [5.41, 5.74) is 10.5. The van der Waals surface area contributed by atoms with E-state index < -0.39 is 0 Å². The highest BCUT2D eigenvalue weighted by Gasteiger charge is 2.03. The molecular formula is C19H25NO2. The second kappa shape index (κ2) is 7.85. The zero-order valence-corrected chi connectivity index (χ0v) is 13.7. The van der Waals surface area contributed by atoms with Crippen LogP contribution in [-0.2, 0) is 6.42 Å². The maximum absolute atomic E-state index is 5.82. The lowest BCUT2D eigenvalue weighted by molar-refractivity contribution is 0.216. The van der Waals surface area contributed by atoms with Gasteiger partial charge in [0.25, 0.3) is 0 Å². The molecule has 0 aliphatic carbocycles. The fourth-order valence-electron chi connectivity index (χ4n) is 2.32. The Labute approximate surface area is 133 Å². The van der Waals surface area contributed by atoms with Crippen LogP contribution in [0.15, 0.2) is 36.4 Å². The predicted molar refractivity (Wildman–Crippen MR) is 90.8 cm³/mol. The largest absolute Gasteiger partial charge is 0.490 e. The summed E-state index contributed by atoms with van der Waals surface area (Å²) in [6.45, 7) is 8.02. The van der Waals surface area contributed by atoms with Gasteiger partial charge >= 0.3 is 0 Å². The molecular weight excluding hydrogens is 274 g/mol. The van der Waals surface area contributed by atoms with Gasteiger partial charge < -0.3 is 15.2 Å². The summed E-state index contributed by atoms with van der Waals surface area (Å²) in [4.78, 5) is 0. The summed E-state index contributed by atoms with van der Waals surface area (Å²) in [6.07, 6.45) is 0.898. The molecule has 0 saturated carbocycles. The fraction of sp³-hybridized carbons (Fsp3) is 0.368. The van der Waals surface area contributed by atoms with Crippen molar-refractivity contribution in [3.8, 4) is 11.5 Å². The van der Waals surface area contributed by atoms with E-state index in [1.165, 1.54) is 16.7 Å². The second-order valence-corrected chi connectivity index (χ2v) is 5.58. The lowest BCUT2D eigenvalue weighted by Crippen LogP contribution is -2.10. The smallest absolute Gasteiger partial charge is 0.122 e. The van der Waals surface area contributed by atoms with Crippen molar-refractivity contribution < 1.29 is 9.47 Å². The van der Waals surface area contributed by atoms with Gasteiger partial charge in [0.2, 0.25) is 0 Å². The first kappa shape index (κ1) is 16.4. The Kier molecular flexibility index (Phi) is 5.84. The SMILES string of the molecule is Cc1cc(C)c(OCCOc2ccc(CCN)cc2)cc1C. The van der Waals surface area contributed by atoms with Crippen LogP contribution in [0, 0.1) is 20.8 Å². The van der Waals surface area contributed by atoms with Crippen LogP contribution in [0.4, 0.5) is 0 Å². The number of aryl methyl sites for hydroxylation is 3. The average molecular weight is 299 g/mol.